The Bertz CT molecular complexity index is 655. The van der Waals surface area contributed by atoms with E-state index in [1.54, 1.807) is 24.3 Å². The minimum atomic E-state index is -3.70. The average molecular weight is 292 g/mol. The number of hydrogen-bond donors (Lipinski definition) is 3. The normalized spacial score (nSPS) is 13.1. The van der Waals surface area contributed by atoms with Crippen molar-refractivity contribution in [2.45, 2.75) is 10.9 Å². The maximum absolute atomic E-state index is 12.2. The molecule has 0 saturated carbocycles. The first-order valence-corrected chi connectivity index (χ1v) is 7.55. The molecule has 0 aliphatic heterocycles. The van der Waals surface area contributed by atoms with E-state index in [1.807, 2.05) is 6.07 Å². The van der Waals surface area contributed by atoms with E-state index >= 15 is 0 Å². The summed E-state index contributed by atoms with van der Waals surface area (Å²) in [5.41, 5.74) is 6.73. The third-order valence-corrected chi connectivity index (χ3v) is 4.36. The van der Waals surface area contributed by atoms with Crippen LogP contribution in [0, 0.1) is 0 Å². The average Bonchev–Trinajstić information content (AvgIpc) is 2.46. The van der Waals surface area contributed by atoms with Crippen LogP contribution < -0.4 is 10.5 Å². The van der Waals surface area contributed by atoms with Crippen molar-refractivity contribution < 1.29 is 13.5 Å². The molecule has 4 N–H and O–H groups in total. The molecule has 2 aromatic rings. The van der Waals surface area contributed by atoms with Gasteiger partial charge in [0.05, 0.1) is 17.5 Å². The van der Waals surface area contributed by atoms with E-state index in [9.17, 15) is 13.5 Å². The number of aliphatic hydroxyl groups is 1. The molecule has 0 aromatic heterocycles. The van der Waals surface area contributed by atoms with Gasteiger partial charge in [-0.25, -0.2) is 13.1 Å². The fourth-order valence-corrected chi connectivity index (χ4v) is 3.01. The number of nitrogens with two attached hydrogens (primary N) is 1. The molecule has 0 bridgehead atoms. The second kappa shape index (κ2) is 6.04. The fourth-order valence-electron chi connectivity index (χ4n) is 1.80. The van der Waals surface area contributed by atoms with Gasteiger partial charge >= 0.3 is 0 Å². The lowest BCUT2D eigenvalue weighted by atomic mass is 10.1. The molecule has 0 aliphatic rings. The van der Waals surface area contributed by atoms with Crippen LogP contribution in [-0.4, -0.2) is 20.1 Å². The van der Waals surface area contributed by atoms with Crippen molar-refractivity contribution in [3.05, 3.63) is 60.2 Å². The number of aliphatic hydroxyl groups excluding tert-OH is 1. The van der Waals surface area contributed by atoms with Gasteiger partial charge in [0.15, 0.2) is 0 Å². The molecule has 106 valence electrons. The number of hydrogen-bond acceptors (Lipinski definition) is 4. The largest absolute Gasteiger partial charge is 0.399 e. The molecule has 0 saturated heterocycles. The van der Waals surface area contributed by atoms with Crippen molar-refractivity contribution in [3.63, 3.8) is 0 Å². The van der Waals surface area contributed by atoms with E-state index in [-0.39, 0.29) is 11.5 Å². The summed E-state index contributed by atoms with van der Waals surface area (Å²) in [6.45, 7) is -0.321. The number of sulfonamides is 1. The predicted octanol–water partition coefficient (Wildman–Crippen LogP) is 1.28. The van der Waals surface area contributed by atoms with Crippen molar-refractivity contribution in [3.8, 4) is 0 Å². The molecule has 0 amide bonds. The van der Waals surface area contributed by atoms with Crippen LogP contribution in [0.5, 0.6) is 0 Å². The van der Waals surface area contributed by atoms with Gasteiger partial charge in [-0.05, 0) is 29.8 Å². The highest BCUT2D eigenvalue weighted by molar-refractivity contribution is 7.89. The standard InChI is InChI=1S/C14H16N2O3S/c15-12-6-8-13(9-7-12)20(18,19)16-14(10-17)11-4-2-1-3-5-11/h1-9,14,16-17H,10,15H2/t14-/m1/s1. The lowest BCUT2D eigenvalue weighted by molar-refractivity contribution is 0.259. The third kappa shape index (κ3) is 3.36. The van der Waals surface area contributed by atoms with Gasteiger partial charge in [0.2, 0.25) is 10.0 Å². The van der Waals surface area contributed by atoms with Gasteiger partial charge in [0.25, 0.3) is 0 Å². The zero-order valence-electron chi connectivity index (χ0n) is 10.7. The Labute approximate surface area is 118 Å². The molecule has 0 heterocycles. The Kier molecular flexibility index (Phi) is 4.39. The van der Waals surface area contributed by atoms with E-state index < -0.39 is 16.1 Å². The molecule has 5 nitrogen and oxygen atoms in total. The van der Waals surface area contributed by atoms with Gasteiger partial charge in [-0.15, -0.1) is 0 Å². The second-order valence-corrected chi connectivity index (χ2v) is 6.05. The van der Waals surface area contributed by atoms with Crippen LogP contribution >= 0.6 is 0 Å². The molecule has 0 aliphatic carbocycles. The lowest BCUT2D eigenvalue weighted by Crippen LogP contribution is -2.30. The van der Waals surface area contributed by atoms with E-state index in [0.29, 0.717) is 11.3 Å². The smallest absolute Gasteiger partial charge is 0.241 e. The van der Waals surface area contributed by atoms with Crippen molar-refractivity contribution in [2.75, 3.05) is 12.3 Å². The molecule has 0 unspecified atom stereocenters. The Hall–Kier alpha value is -1.89. The first-order valence-electron chi connectivity index (χ1n) is 6.06. The highest BCUT2D eigenvalue weighted by Crippen LogP contribution is 2.17. The van der Waals surface area contributed by atoms with E-state index in [2.05, 4.69) is 4.72 Å². The summed E-state index contributed by atoms with van der Waals surface area (Å²) in [6.07, 6.45) is 0. The molecule has 2 rings (SSSR count). The number of nitrogens with one attached hydrogen (secondary N) is 1. The highest BCUT2D eigenvalue weighted by atomic mass is 32.2. The molecule has 6 heteroatoms. The zero-order chi connectivity index (χ0) is 14.6. The van der Waals surface area contributed by atoms with Crippen LogP contribution in [-0.2, 0) is 10.0 Å². The first-order chi connectivity index (χ1) is 9.53. The van der Waals surface area contributed by atoms with Gasteiger partial charge in [-0.1, -0.05) is 30.3 Å². The molecule has 0 radical (unpaired) electrons. The molecule has 0 spiro atoms. The van der Waals surface area contributed by atoms with Crippen molar-refractivity contribution in [2.24, 2.45) is 0 Å². The minimum absolute atomic E-state index is 0.112. The van der Waals surface area contributed by atoms with Crippen LogP contribution in [0.1, 0.15) is 11.6 Å². The second-order valence-electron chi connectivity index (χ2n) is 4.34. The molecular weight excluding hydrogens is 276 g/mol. The number of nitrogen functional groups attached to an aromatic ring is 1. The number of benzene rings is 2. The zero-order valence-corrected chi connectivity index (χ0v) is 11.5. The SMILES string of the molecule is Nc1ccc(S(=O)(=O)N[C@H](CO)c2ccccc2)cc1. The van der Waals surface area contributed by atoms with Crippen molar-refractivity contribution >= 4 is 15.7 Å². The minimum Gasteiger partial charge on any atom is -0.399 e. The van der Waals surface area contributed by atoms with E-state index in [1.165, 1.54) is 24.3 Å². The van der Waals surface area contributed by atoms with Crippen LogP contribution in [0.2, 0.25) is 0 Å². The summed E-state index contributed by atoms with van der Waals surface area (Å²) in [4.78, 5) is 0.112. The lowest BCUT2D eigenvalue weighted by Gasteiger charge is -2.17. The Morgan fingerprint density at radius 1 is 1.05 bits per heavy atom. The van der Waals surface area contributed by atoms with Gasteiger partial charge in [0.1, 0.15) is 0 Å². The van der Waals surface area contributed by atoms with Crippen LogP contribution in [0.25, 0.3) is 0 Å². The van der Waals surface area contributed by atoms with Gasteiger partial charge in [-0.2, -0.15) is 0 Å². The Morgan fingerprint density at radius 3 is 2.20 bits per heavy atom. The molecule has 1 atom stereocenters. The molecule has 0 fully saturated rings. The van der Waals surface area contributed by atoms with E-state index in [0.717, 1.165) is 0 Å². The predicted molar refractivity (Wildman–Crippen MR) is 77.4 cm³/mol. The van der Waals surface area contributed by atoms with Crippen LogP contribution in [0.15, 0.2) is 59.5 Å². The Balaban J connectivity index is 2.24. The van der Waals surface area contributed by atoms with Crippen LogP contribution in [0.4, 0.5) is 5.69 Å². The maximum Gasteiger partial charge on any atom is 0.241 e. The van der Waals surface area contributed by atoms with E-state index in [4.69, 9.17) is 5.73 Å². The van der Waals surface area contributed by atoms with Crippen molar-refractivity contribution in [1.29, 1.82) is 0 Å². The maximum atomic E-state index is 12.2. The van der Waals surface area contributed by atoms with Gasteiger partial charge in [-0.3, -0.25) is 0 Å². The topological polar surface area (TPSA) is 92.4 Å². The summed E-state index contributed by atoms with van der Waals surface area (Å²) in [7, 11) is -3.70. The highest BCUT2D eigenvalue weighted by Gasteiger charge is 2.20. The summed E-state index contributed by atoms with van der Waals surface area (Å²) in [6, 6.07) is 14.1. The number of rotatable bonds is 5. The molecular formula is C14H16N2O3S. The van der Waals surface area contributed by atoms with Crippen molar-refractivity contribution in [1.82, 2.24) is 4.72 Å². The quantitative estimate of drug-likeness (QED) is 0.724. The fraction of sp³-hybridized carbons (Fsp3) is 0.143. The molecule has 2 aromatic carbocycles. The summed E-state index contributed by atoms with van der Waals surface area (Å²) in [5, 5.41) is 9.39. The molecule has 20 heavy (non-hydrogen) atoms. The number of anilines is 1. The monoisotopic (exact) mass is 292 g/mol. The Morgan fingerprint density at radius 2 is 1.65 bits per heavy atom. The van der Waals surface area contributed by atoms with Gasteiger partial charge < -0.3 is 10.8 Å². The van der Waals surface area contributed by atoms with Crippen LogP contribution in [0.3, 0.4) is 0 Å². The summed E-state index contributed by atoms with van der Waals surface area (Å²) in [5.74, 6) is 0. The third-order valence-electron chi connectivity index (χ3n) is 2.87. The summed E-state index contributed by atoms with van der Waals surface area (Å²) < 4.78 is 26.9. The first kappa shape index (κ1) is 14.5. The van der Waals surface area contributed by atoms with Gasteiger partial charge in [0, 0.05) is 5.69 Å². The summed E-state index contributed by atoms with van der Waals surface area (Å²) >= 11 is 0.